The van der Waals surface area contributed by atoms with Crippen molar-refractivity contribution in [2.45, 2.75) is 38.6 Å². The fourth-order valence-electron chi connectivity index (χ4n) is 2.25. The van der Waals surface area contributed by atoms with E-state index in [0.717, 1.165) is 17.8 Å². The summed E-state index contributed by atoms with van der Waals surface area (Å²) < 4.78 is 0. The molecule has 10 heavy (non-hydrogen) atoms. The smallest absolute Gasteiger partial charge is 0.00416 e. The summed E-state index contributed by atoms with van der Waals surface area (Å²) in [5.41, 5.74) is 5.80. The van der Waals surface area contributed by atoms with Crippen LogP contribution in [-0.4, -0.2) is 6.04 Å². The number of hydrogen-bond donors (Lipinski definition) is 1. The molecule has 0 heterocycles. The van der Waals surface area contributed by atoms with Crippen molar-refractivity contribution in [1.82, 2.24) is 0 Å². The minimum Gasteiger partial charge on any atom is -0.328 e. The summed E-state index contributed by atoms with van der Waals surface area (Å²) in [6.45, 7) is 2.16. The number of hydrogen-bond acceptors (Lipinski definition) is 1. The van der Waals surface area contributed by atoms with Crippen LogP contribution in [0.15, 0.2) is 0 Å². The van der Waals surface area contributed by atoms with Crippen molar-refractivity contribution in [2.75, 3.05) is 0 Å². The molecule has 0 aromatic heterocycles. The lowest BCUT2D eigenvalue weighted by Gasteiger charge is -2.26. The number of nitrogens with two attached hydrogens (primary N) is 1. The van der Waals surface area contributed by atoms with Crippen molar-refractivity contribution in [3.63, 3.8) is 0 Å². The Bertz CT molecular complexity index is 127. The summed E-state index contributed by atoms with van der Waals surface area (Å²) in [5.74, 6) is 3.01. The van der Waals surface area contributed by atoms with E-state index in [2.05, 4.69) is 6.92 Å². The summed E-state index contributed by atoms with van der Waals surface area (Å²) in [6, 6.07) is 0.464. The molecule has 1 nitrogen and oxygen atoms in total. The molecule has 0 aromatic rings. The second-order valence-corrected chi connectivity index (χ2v) is 4.11. The summed E-state index contributed by atoms with van der Waals surface area (Å²) in [6.07, 6.45) is 5.90. The lowest BCUT2D eigenvalue weighted by molar-refractivity contribution is 0.261. The van der Waals surface area contributed by atoms with Gasteiger partial charge in [-0.1, -0.05) is 19.3 Å². The van der Waals surface area contributed by atoms with Gasteiger partial charge in [0.1, 0.15) is 0 Å². The zero-order chi connectivity index (χ0) is 7.14. The van der Waals surface area contributed by atoms with Gasteiger partial charge in [0, 0.05) is 6.04 Å². The molecule has 0 aromatic carbocycles. The van der Waals surface area contributed by atoms with Crippen LogP contribution in [0.1, 0.15) is 32.6 Å². The molecule has 0 saturated heterocycles. The zero-order valence-electron chi connectivity index (χ0n) is 6.72. The molecule has 58 valence electrons. The van der Waals surface area contributed by atoms with E-state index in [1.807, 2.05) is 0 Å². The van der Waals surface area contributed by atoms with Gasteiger partial charge in [-0.25, -0.2) is 0 Å². The molecule has 2 aliphatic carbocycles. The summed E-state index contributed by atoms with van der Waals surface area (Å²) in [5, 5.41) is 0. The van der Waals surface area contributed by atoms with Crippen LogP contribution >= 0.6 is 0 Å². The molecule has 0 amide bonds. The Balaban J connectivity index is 1.78. The Kier molecular flexibility index (Phi) is 1.48. The fourth-order valence-corrected chi connectivity index (χ4v) is 2.25. The molecule has 0 bridgehead atoms. The van der Waals surface area contributed by atoms with Gasteiger partial charge in [-0.15, -0.1) is 0 Å². The van der Waals surface area contributed by atoms with Gasteiger partial charge < -0.3 is 5.73 Å². The standard InChI is InChI=1S/C9H17N/c1-6(10)8-5-9(8)7-3-2-4-7/h6-9H,2-5,10H2,1H3. The van der Waals surface area contributed by atoms with Crippen molar-refractivity contribution < 1.29 is 0 Å². The highest BCUT2D eigenvalue weighted by molar-refractivity contribution is 4.97. The SMILES string of the molecule is CC(N)C1CC1C1CCC1. The van der Waals surface area contributed by atoms with Crippen LogP contribution < -0.4 is 5.73 Å². The molecule has 2 rings (SSSR count). The average Bonchev–Trinajstić information content (AvgIpc) is 2.40. The Hall–Kier alpha value is -0.0400. The van der Waals surface area contributed by atoms with Gasteiger partial charge >= 0.3 is 0 Å². The van der Waals surface area contributed by atoms with Crippen LogP contribution in [0.4, 0.5) is 0 Å². The Labute approximate surface area is 63.0 Å². The molecule has 3 atom stereocenters. The van der Waals surface area contributed by atoms with Crippen molar-refractivity contribution in [2.24, 2.45) is 23.5 Å². The molecule has 3 unspecified atom stereocenters. The van der Waals surface area contributed by atoms with E-state index in [0.29, 0.717) is 6.04 Å². The first-order valence-electron chi connectivity index (χ1n) is 4.54. The first kappa shape index (κ1) is 6.66. The quantitative estimate of drug-likeness (QED) is 0.620. The highest BCUT2D eigenvalue weighted by Gasteiger charge is 2.46. The van der Waals surface area contributed by atoms with Gasteiger partial charge in [-0.3, -0.25) is 0 Å². The highest BCUT2D eigenvalue weighted by Crippen LogP contribution is 2.52. The highest BCUT2D eigenvalue weighted by atomic mass is 14.7. The molecule has 1 heteroatoms. The molecule has 2 N–H and O–H groups in total. The van der Waals surface area contributed by atoms with Gasteiger partial charge in [0.2, 0.25) is 0 Å². The normalized spacial score (nSPS) is 42.6. The third kappa shape index (κ3) is 0.968. The van der Waals surface area contributed by atoms with Crippen LogP contribution in [0.5, 0.6) is 0 Å². The summed E-state index contributed by atoms with van der Waals surface area (Å²) >= 11 is 0. The lowest BCUT2D eigenvalue weighted by atomic mass is 9.80. The maximum atomic E-state index is 5.80. The summed E-state index contributed by atoms with van der Waals surface area (Å²) in [4.78, 5) is 0. The van der Waals surface area contributed by atoms with Crippen molar-refractivity contribution in [3.8, 4) is 0 Å². The molecule has 2 fully saturated rings. The van der Waals surface area contributed by atoms with Gasteiger partial charge in [0.05, 0.1) is 0 Å². The van der Waals surface area contributed by atoms with E-state index >= 15 is 0 Å². The first-order valence-corrected chi connectivity index (χ1v) is 4.54. The Morgan fingerprint density at radius 2 is 2.10 bits per heavy atom. The van der Waals surface area contributed by atoms with Gasteiger partial charge in [0.15, 0.2) is 0 Å². The first-order chi connectivity index (χ1) is 4.79. The third-order valence-electron chi connectivity index (χ3n) is 3.32. The van der Waals surface area contributed by atoms with E-state index in [4.69, 9.17) is 5.73 Å². The molecule has 0 radical (unpaired) electrons. The van der Waals surface area contributed by atoms with Crippen molar-refractivity contribution in [1.29, 1.82) is 0 Å². The van der Waals surface area contributed by atoms with Crippen LogP contribution in [0.2, 0.25) is 0 Å². The molecule has 0 aliphatic heterocycles. The lowest BCUT2D eigenvalue weighted by Crippen LogP contribution is -2.22. The molecule has 2 aliphatic rings. The van der Waals surface area contributed by atoms with Crippen LogP contribution in [0.25, 0.3) is 0 Å². The molecular weight excluding hydrogens is 122 g/mol. The van der Waals surface area contributed by atoms with Crippen LogP contribution in [0, 0.1) is 17.8 Å². The van der Waals surface area contributed by atoms with E-state index in [1.54, 1.807) is 0 Å². The molecular formula is C9H17N. The predicted molar refractivity (Wildman–Crippen MR) is 42.6 cm³/mol. The third-order valence-corrected chi connectivity index (χ3v) is 3.32. The minimum absolute atomic E-state index is 0.464. The van der Waals surface area contributed by atoms with E-state index in [-0.39, 0.29) is 0 Å². The molecule has 2 saturated carbocycles. The minimum atomic E-state index is 0.464. The van der Waals surface area contributed by atoms with Gasteiger partial charge in [-0.05, 0) is 31.1 Å². The van der Waals surface area contributed by atoms with E-state index in [1.165, 1.54) is 25.7 Å². The average molecular weight is 139 g/mol. The maximum absolute atomic E-state index is 5.80. The van der Waals surface area contributed by atoms with Crippen LogP contribution in [-0.2, 0) is 0 Å². The van der Waals surface area contributed by atoms with Crippen molar-refractivity contribution >= 4 is 0 Å². The number of rotatable bonds is 2. The largest absolute Gasteiger partial charge is 0.328 e. The van der Waals surface area contributed by atoms with E-state index < -0.39 is 0 Å². The van der Waals surface area contributed by atoms with Gasteiger partial charge in [-0.2, -0.15) is 0 Å². The topological polar surface area (TPSA) is 26.0 Å². The fraction of sp³-hybridized carbons (Fsp3) is 1.00. The zero-order valence-corrected chi connectivity index (χ0v) is 6.72. The second-order valence-electron chi connectivity index (χ2n) is 4.11. The van der Waals surface area contributed by atoms with Gasteiger partial charge in [0.25, 0.3) is 0 Å². The monoisotopic (exact) mass is 139 g/mol. The summed E-state index contributed by atoms with van der Waals surface area (Å²) in [7, 11) is 0. The van der Waals surface area contributed by atoms with Crippen LogP contribution in [0.3, 0.4) is 0 Å². The van der Waals surface area contributed by atoms with Crippen molar-refractivity contribution in [3.05, 3.63) is 0 Å². The maximum Gasteiger partial charge on any atom is 0.00416 e. The predicted octanol–water partition coefficient (Wildman–Crippen LogP) is 1.77. The van der Waals surface area contributed by atoms with E-state index in [9.17, 15) is 0 Å². The molecule has 0 spiro atoms. The Morgan fingerprint density at radius 1 is 1.40 bits per heavy atom. The Morgan fingerprint density at radius 3 is 2.40 bits per heavy atom. The second kappa shape index (κ2) is 2.23.